The van der Waals surface area contributed by atoms with Crippen LogP contribution in [0.5, 0.6) is 11.5 Å². The third kappa shape index (κ3) is 5.51. The third-order valence-corrected chi connectivity index (χ3v) is 7.28. The molecule has 2 heterocycles. The summed E-state index contributed by atoms with van der Waals surface area (Å²) in [6.07, 6.45) is 1.72. The minimum atomic E-state index is -0.847. The fourth-order valence-corrected chi connectivity index (χ4v) is 5.52. The van der Waals surface area contributed by atoms with Crippen molar-refractivity contribution in [2.45, 2.75) is 26.0 Å². The average Bonchev–Trinajstić information content (AvgIpc) is 3.23. The number of ether oxygens (including phenoxy) is 4. The molecule has 1 aliphatic rings. The van der Waals surface area contributed by atoms with Gasteiger partial charge in [0.05, 0.1) is 38.0 Å². The van der Waals surface area contributed by atoms with E-state index >= 15 is 0 Å². The molecule has 1 aliphatic heterocycles. The monoisotopic (exact) mass is 550 g/mol. The highest BCUT2D eigenvalue weighted by Crippen LogP contribution is 2.40. The summed E-state index contributed by atoms with van der Waals surface area (Å²) >= 11 is 1.05. The highest BCUT2D eigenvalue weighted by atomic mass is 32.2. The summed E-state index contributed by atoms with van der Waals surface area (Å²) in [7, 11) is 1.26. The van der Waals surface area contributed by atoms with Crippen molar-refractivity contribution < 1.29 is 33.3 Å². The highest BCUT2D eigenvalue weighted by Gasteiger charge is 2.38. The number of anilines is 1. The first-order valence-corrected chi connectivity index (χ1v) is 13.4. The summed E-state index contributed by atoms with van der Waals surface area (Å²) in [4.78, 5) is 40.3. The Hall–Kier alpha value is -4.18. The maximum Gasteiger partial charge on any atom is 0.357 e. The zero-order chi connectivity index (χ0) is 28.1. The predicted octanol–water partition coefficient (Wildman–Crippen LogP) is 3.28. The van der Waals surface area contributed by atoms with Crippen molar-refractivity contribution in [3.05, 3.63) is 75.9 Å². The molecule has 0 fully saturated rings. The van der Waals surface area contributed by atoms with Gasteiger partial charge in [0.2, 0.25) is 5.91 Å². The van der Waals surface area contributed by atoms with Gasteiger partial charge in [-0.05, 0) is 62.2 Å². The fourth-order valence-electron chi connectivity index (χ4n) is 4.29. The Kier molecular flexibility index (Phi) is 8.65. The summed E-state index contributed by atoms with van der Waals surface area (Å²) in [5, 5.41) is -0.317. The van der Waals surface area contributed by atoms with Gasteiger partial charge in [0.15, 0.2) is 5.69 Å². The first kappa shape index (κ1) is 27.8. The number of nitrogens with zero attached hydrogens (tertiary/aromatic N) is 1. The number of methoxy groups -OCH3 is 1. The van der Waals surface area contributed by atoms with Crippen molar-refractivity contribution in [2.24, 2.45) is 0 Å². The molecule has 4 rings (SSSR count). The Morgan fingerprint density at radius 3 is 2.05 bits per heavy atom. The Morgan fingerprint density at radius 2 is 1.51 bits per heavy atom. The standard InChI is InChI=1S/C29H30N2O7S/c1-5-36-19-12-8-17(9-13-19)16-21-22(30)24(28(33)38-7-3)31-23(21)26(29(34)35-4)39-25(27(31)32)18-10-14-20(15-11-18)37-6-2/h8-16,25H,5-7,30H2,1-4H3/b21-16+/t25-/m1/s1. The molecule has 0 unspecified atom stereocenters. The Bertz CT molecular complexity index is 1510. The molecule has 3 aromatic rings. The van der Waals surface area contributed by atoms with Crippen molar-refractivity contribution in [3.8, 4) is 11.5 Å². The lowest BCUT2D eigenvalue weighted by atomic mass is 10.1. The largest absolute Gasteiger partial charge is 0.494 e. The van der Waals surface area contributed by atoms with E-state index in [4.69, 9.17) is 24.7 Å². The van der Waals surface area contributed by atoms with Crippen LogP contribution >= 0.6 is 11.8 Å². The number of benzene rings is 2. The van der Waals surface area contributed by atoms with Crippen LogP contribution in [0, 0.1) is 0 Å². The number of hydrogen-bond donors (Lipinski definition) is 1. The molecule has 0 aliphatic carbocycles. The lowest BCUT2D eigenvalue weighted by molar-refractivity contribution is -0.133. The van der Waals surface area contributed by atoms with Crippen LogP contribution < -0.4 is 25.8 Å². The van der Waals surface area contributed by atoms with Crippen LogP contribution in [0.2, 0.25) is 0 Å². The second-order valence-electron chi connectivity index (χ2n) is 8.39. The zero-order valence-corrected chi connectivity index (χ0v) is 23.0. The number of esters is 2. The van der Waals surface area contributed by atoms with Gasteiger partial charge in [-0.15, -0.1) is 0 Å². The van der Waals surface area contributed by atoms with E-state index in [9.17, 15) is 14.4 Å². The Balaban J connectivity index is 1.98. The van der Waals surface area contributed by atoms with Gasteiger partial charge in [-0.2, -0.15) is 0 Å². The van der Waals surface area contributed by atoms with Crippen LogP contribution in [0.4, 0.5) is 5.69 Å². The van der Waals surface area contributed by atoms with Gasteiger partial charge in [-0.3, -0.25) is 9.36 Å². The predicted molar refractivity (Wildman–Crippen MR) is 149 cm³/mol. The number of nitrogen functional groups attached to an aromatic ring is 1. The Morgan fingerprint density at radius 1 is 0.923 bits per heavy atom. The molecule has 10 heteroatoms. The van der Waals surface area contributed by atoms with Gasteiger partial charge in [-0.25, -0.2) is 9.59 Å². The second-order valence-corrected chi connectivity index (χ2v) is 9.50. The lowest BCUT2D eigenvalue weighted by Crippen LogP contribution is -2.42. The average molecular weight is 551 g/mol. The smallest absolute Gasteiger partial charge is 0.357 e. The molecule has 2 N–H and O–H groups in total. The first-order valence-electron chi connectivity index (χ1n) is 12.5. The van der Waals surface area contributed by atoms with Crippen molar-refractivity contribution in [1.29, 1.82) is 0 Å². The van der Waals surface area contributed by atoms with E-state index in [-0.39, 0.29) is 28.2 Å². The zero-order valence-electron chi connectivity index (χ0n) is 22.2. The number of hydrogen-bond acceptors (Lipinski definition) is 9. The number of aromatic nitrogens is 1. The van der Waals surface area contributed by atoms with E-state index in [1.165, 1.54) is 11.7 Å². The molecule has 1 atom stereocenters. The van der Waals surface area contributed by atoms with Crippen LogP contribution in [-0.2, 0) is 14.3 Å². The number of rotatable bonds is 9. The number of carbonyl (C=O) groups is 3. The summed E-state index contributed by atoms with van der Waals surface area (Å²) < 4.78 is 22.6. The van der Waals surface area contributed by atoms with Crippen molar-refractivity contribution >= 4 is 46.3 Å². The Labute approximate surface area is 230 Å². The van der Waals surface area contributed by atoms with Crippen molar-refractivity contribution in [3.63, 3.8) is 0 Å². The fraction of sp³-hybridized carbons (Fsp3) is 0.276. The molecule has 2 aromatic carbocycles. The highest BCUT2D eigenvalue weighted by molar-refractivity contribution is 8.10. The molecule has 0 saturated carbocycles. The normalized spacial score (nSPS) is 15.1. The molecule has 39 heavy (non-hydrogen) atoms. The van der Waals surface area contributed by atoms with Crippen LogP contribution in [0.3, 0.4) is 0 Å². The van der Waals surface area contributed by atoms with Crippen molar-refractivity contribution in [2.75, 3.05) is 32.7 Å². The molecule has 0 spiro atoms. The number of thioether (sulfide) groups is 1. The molecule has 9 nitrogen and oxygen atoms in total. The molecule has 0 radical (unpaired) electrons. The minimum Gasteiger partial charge on any atom is -0.494 e. The molecule has 0 amide bonds. The minimum absolute atomic E-state index is 0.0278. The van der Waals surface area contributed by atoms with Gasteiger partial charge in [0.25, 0.3) is 0 Å². The van der Waals surface area contributed by atoms with Crippen LogP contribution in [0.25, 0.3) is 11.0 Å². The van der Waals surface area contributed by atoms with Gasteiger partial charge in [0.1, 0.15) is 21.7 Å². The van der Waals surface area contributed by atoms with Gasteiger partial charge >= 0.3 is 11.9 Å². The van der Waals surface area contributed by atoms with Crippen LogP contribution in [0.15, 0.2) is 48.5 Å². The number of carbonyl (C=O) groups excluding carboxylic acids is 3. The summed E-state index contributed by atoms with van der Waals surface area (Å²) in [6.45, 7) is 6.54. The maximum atomic E-state index is 14.0. The van der Waals surface area contributed by atoms with Crippen LogP contribution in [-0.4, -0.2) is 49.3 Å². The molecular weight excluding hydrogens is 520 g/mol. The van der Waals surface area contributed by atoms with Gasteiger partial charge < -0.3 is 24.7 Å². The molecular formula is C29H30N2O7S. The van der Waals surface area contributed by atoms with E-state index in [1.807, 2.05) is 26.0 Å². The van der Waals surface area contributed by atoms with Crippen molar-refractivity contribution in [1.82, 2.24) is 4.57 Å². The molecule has 1 aromatic heterocycles. The lowest BCUT2D eigenvalue weighted by Gasteiger charge is -2.23. The van der Waals surface area contributed by atoms with Gasteiger partial charge in [0, 0.05) is 5.22 Å². The molecule has 0 bridgehead atoms. The molecule has 0 saturated heterocycles. The van der Waals surface area contributed by atoms with E-state index in [0.717, 1.165) is 17.3 Å². The summed E-state index contributed by atoms with van der Waals surface area (Å²) in [5.41, 5.74) is 7.77. The van der Waals surface area contributed by atoms with E-state index < -0.39 is 23.1 Å². The van der Waals surface area contributed by atoms with E-state index in [1.54, 1.807) is 49.4 Å². The second kappa shape index (κ2) is 12.1. The van der Waals surface area contributed by atoms with Crippen LogP contribution in [0.1, 0.15) is 52.4 Å². The quantitative estimate of drug-likeness (QED) is 0.400. The third-order valence-electron chi connectivity index (χ3n) is 5.98. The number of fused-ring (bicyclic) bond motifs is 1. The van der Waals surface area contributed by atoms with E-state index in [2.05, 4.69) is 0 Å². The summed E-state index contributed by atoms with van der Waals surface area (Å²) in [5.74, 6) is -0.513. The SMILES string of the molecule is CCOC(=O)c1c(N)/c(=C\c2ccc(OCC)cc2)c2n1C(=O)[C@@H](c1ccc(OCC)cc1)SC=2C(=O)OC. The first-order chi connectivity index (χ1) is 18.8. The maximum absolute atomic E-state index is 14.0. The number of nitrogens with two attached hydrogens (primary N) is 1. The van der Waals surface area contributed by atoms with Gasteiger partial charge in [-0.1, -0.05) is 36.0 Å². The van der Waals surface area contributed by atoms with E-state index in [0.29, 0.717) is 35.5 Å². The molecule has 204 valence electrons. The topological polar surface area (TPSA) is 119 Å². The summed E-state index contributed by atoms with van der Waals surface area (Å²) in [6, 6.07) is 14.2.